The fourth-order valence-corrected chi connectivity index (χ4v) is 10.8. The number of rotatable bonds is 12. The zero-order valence-electron chi connectivity index (χ0n) is 40.9. The molecule has 0 bridgehead atoms. The maximum Gasteiger partial charge on any atom is 0.410 e. The number of aromatic nitrogens is 2. The third-order valence-corrected chi connectivity index (χ3v) is 14.7. The molecule has 6 aromatic rings. The average molecular weight is 1100 g/mol. The SMILES string of the molecule is CC(C)(C)OC(=O)N(Cc1ccc2c(c1)OCCO2)C1CCN(CCn2c(=O)c(Br)cc3ccccc32)CC1.O=c1c(Br)cc2ccccc2n1CCN1CCC(NCc2ccc3c(c2)OCCO3)CC1. The van der Waals surface area contributed by atoms with Crippen LogP contribution in [0.2, 0.25) is 0 Å². The Balaban J connectivity index is 0.000000179. The van der Waals surface area contributed by atoms with Crippen molar-refractivity contribution in [3.63, 3.8) is 0 Å². The molecule has 71 heavy (non-hydrogen) atoms. The van der Waals surface area contributed by atoms with Gasteiger partial charge in [-0.25, -0.2) is 4.79 Å². The summed E-state index contributed by atoms with van der Waals surface area (Å²) in [6, 6.07) is 32.4. The molecule has 0 unspecified atom stereocenters. The van der Waals surface area contributed by atoms with Gasteiger partial charge in [0.1, 0.15) is 32.0 Å². The molecule has 4 aromatic carbocycles. The summed E-state index contributed by atoms with van der Waals surface area (Å²) in [5, 5.41) is 5.82. The van der Waals surface area contributed by atoms with E-state index in [1.807, 2.05) is 114 Å². The van der Waals surface area contributed by atoms with Gasteiger partial charge in [-0.15, -0.1) is 0 Å². The molecule has 4 aliphatic heterocycles. The van der Waals surface area contributed by atoms with E-state index in [2.05, 4.69) is 65.2 Å². The van der Waals surface area contributed by atoms with Crippen LogP contribution in [0.5, 0.6) is 23.0 Å². The molecule has 1 N–H and O–H groups in total. The highest BCUT2D eigenvalue weighted by molar-refractivity contribution is 9.10. The Morgan fingerprint density at radius 3 is 1.61 bits per heavy atom. The highest BCUT2D eigenvalue weighted by atomic mass is 79.9. The third kappa shape index (κ3) is 12.8. The van der Waals surface area contributed by atoms with Gasteiger partial charge in [0.15, 0.2) is 23.0 Å². The van der Waals surface area contributed by atoms with Crippen molar-refractivity contribution in [1.29, 1.82) is 0 Å². The molecule has 376 valence electrons. The molecule has 0 spiro atoms. The van der Waals surface area contributed by atoms with Crippen LogP contribution in [0.25, 0.3) is 21.8 Å². The minimum Gasteiger partial charge on any atom is -0.486 e. The molecular weight excluding hydrogens is 1030 g/mol. The number of ether oxygens (including phenoxy) is 5. The minimum atomic E-state index is -0.581. The van der Waals surface area contributed by atoms with Crippen LogP contribution in [0.3, 0.4) is 0 Å². The Morgan fingerprint density at radius 2 is 1.08 bits per heavy atom. The predicted molar refractivity (Wildman–Crippen MR) is 284 cm³/mol. The molecule has 10 rings (SSSR count). The standard InChI is InChI=1S/C30H36BrN3O5.C25H28BrN3O3/c1-30(2,3)39-29(36)34(20-21-8-9-26-27(18-21)38-17-16-37-26)23-10-12-32(13-11-23)14-15-33-25-7-5-4-6-22(25)19-24(31)28(33)35;26-21-16-19-3-1-2-4-22(19)29(25(21)30)12-11-28-9-7-20(8-10-28)27-17-18-5-6-23-24(15-18)32-14-13-31-23/h4-9,18-19,23H,10-17,20H2,1-3H3;1-6,15-16,20,27H,7-14,17H2. The molecule has 0 saturated carbocycles. The predicted octanol–water partition coefficient (Wildman–Crippen LogP) is 9.23. The number of nitrogens with zero attached hydrogens (tertiary/aromatic N) is 5. The van der Waals surface area contributed by atoms with Gasteiger partial charge in [-0.2, -0.15) is 0 Å². The molecule has 0 radical (unpaired) electrons. The van der Waals surface area contributed by atoms with Crippen molar-refractivity contribution in [2.45, 2.75) is 90.3 Å². The molecule has 2 aromatic heterocycles. The van der Waals surface area contributed by atoms with Crippen molar-refractivity contribution in [2.75, 3.05) is 65.7 Å². The van der Waals surface area contributed by atoms with Crippen LogP contribution in [0.15, 0.2) is 116 Å². The molecule has 0 aliphatic carbocycles. The number of piperidine rings is 2. The summed E-state index contributed by atoms with van der Waals surface area (Å²) in [6.45, 7) is 16.0. The van der Waals surface area contributed by atoms with E-state index in [1.54, 1.807) is 0 Å². The lowest BCUT2D eigenvalue weighted by Crippen LogP contribution is -2.49. The Bertz CT molecular complexity index is 2940. The second-order valence-corrected chi connectivity index (χ2v) is 21.4. The number of carbonyl (C=O) groups excluding carboxylic acids is 1. The van der Waals surface area contributed by atoms with E-state index in [-0.39, 0.29) is 23.3 Å². The summed E-state index contributed by atoms with van der Waals surface area (Å²) >= 11 is 6.86. The maximum absolute atomic E-state index is 13.3. The molecule has 1 amide bonds. The van der Waals surface area contributed by atoms with Gasteiger partial charge >= 0.3 is 6.09 Å². The number of amides is 1. The number of carbonyl (C=O) groups is 1. The fraction of sp³-hybridized carbons (Fsp3) is 0.436. The number of benzene rings is 4. The quantitative estimate of drug-likeness (QED) is 0.126. The molecule has 2 fully saturated rings. The molecule has 0 atom stereocenters. The largest absolute Gasteiger partial charge is 0.486 e. The number of hydrogen-bond acceptors (Lipinski definition) is 11. The summed E-state index contributed by atoms with van der Waals surface area (Å²) in [6.07, 6.45) is 3.58. The van der Waals surface area contributed by atoms with Crippen LogP contribution in [0, 0.1) is 0 Å². The summed E-state index contributed by atoms with van der Waals surface area (Å²) in [5.41, 5.74) is 3.58. The Hall–Kier alpha value is -5.39. The lowest BCUT2D eigenvalue weighted by atomic mass is 10.0. The molecular formula is C55H64Br2N6O8. The van der Waals surface area contributed by atoms with Crippen LogP contribution in [0.4, 0.5) is 4.79 Å². The van der Waals surface area contributed by atoms with E-state index in [1.165, 1.54) is 5.56 Å². The highest BCUT2D eigenvalue weighted by Crippen LogP contribution is 2.33. The van der Waals surface area contributed by atoms with Crippen LogP contribution in [-0.2, 0) is 30.9 Å². The monoisotopic (exact) mass is 1090 g/mol. The normalized spacial score (nSPS) is 16.6. The maximum atomic E-state index is 13.3. The van der Waals surface area contributed by atoms with Crippen molar-refractivity contribution in [1.82, 2.24) is 29.2 Å². The first-order valence-corrected chi connectivity index (χ1v) is 26.4. The molecule has 14 nitrogen and oxygen atoms in total. The number of nitrogens with one attached hydrogen (secondary N) is 1. The summed E-state index contributed by atoms with van der Waals surface area (Å²) < 4.78 is 33.5. The van der Waals surface area contributed by atoms with E-state index < -0.39 is 5.60 Å². The van der Waals surface area contributed by atoms with E-state index in [9.17, 15) is 14.4 Å². The Morgan fingerprint density at radius 1 is 0.620 bits per heavy atom. The lowest BCUT2D eigenvalue weighted by Gasteiger charge is -2.39. The van der Waals surface area contributed by atoms with E-state index in [0.29, 0.717) is 66.8 Å². The Kier molecular flexibility index (Phi) is 16.4. The second kappa shape index (κ2) is 23.0. The van der Waals surface area contributed by atoms with Gasteiger partial charge in [0, 0.05) is 64.4 Å². The van der Waals surface area contributed by atoms with Crippen molar-refractivity contribution in [3.8, 4) is 23.0 Å². The van der Waals surface area contributed by atoms with Gasteiger partial charge in [0.05, 0.1) is 20.0 Å². The van der Waals surface area contributed by atoms with Crippen LogP contribution in [0.1, 0.15) is 57.6 Å². The van der Waals surface area contributed by atoms with Gasteiger partial charge in [0.25, 0.3) is 11.1 Å². The lowest BCUT2D eigenvalue weighted by molar-refractivity contribution is 0.00562. The first-order valence-electron chi connectivity index (χ1n) is 24.9. The van der Waals surface area contributed by atoms with Gasteiger partial charge < -0.3 is 52.8 Å². The molecule has 4 aliphatic rings. The van der Waals surface area contributed by atoms with E-state index >= 15 is 0 Å². The number of hydrogen-bond donors (Lipinski definition) is 1. The zero-order valence-corrected chi connectivity index (χ0v) is 44.1. The second-order valence-electron chi connectivity index (χ2n) is 19.6. The molecule has 6 heterocycles. The number of pyridine rings is 2. The van der Waals surface area contributed by atoms with Crippen molar-refractivity contribution in [2.24, 2.45) is 0 Å². The van der Waals surface area contributed by atoms with Crippen LogP contribution in [-0.4, -0.2) is 113 Å². The summed E-state index contributed by atoms with van der Waals surface area (Å²) in [7, 11) is 0. The third-order valence-electron chi connectivity index (χ3n) is 13.6. The smallest absolute Gasteiger partial charge is 0.410 e. The number of fused-ring (bicyclic) bond motifs is 4. The van der Waals surface area contributed by atoms with E-state index in [0.717, 1.165) is 116 Å². The fourth-order valence-electron chi connectivity index (χ4n) is 9.83. The summed E-state index contributed by atoms with van der Waals surface area (Å²) in [5.74, 6) is 3.14. The van der Waals surface area contributed by atoms with E-state index in [4.69, 9.17) is 23.7 Å². The van der Waals surface area contributed by atoms with Gasteiger partial charge in [-0.1, -0.05) is 48.5 Å². The average Bonchev–Trinajstić information content (AvgIpc) is 3.37. The van der Waals surface area contributed by atoms with Crippen LogP contribution >= 0.6 is 31.9 Å². The zero-order chi connectivity index (χ0) is 49.5. The first kappa shape index (κ1) is 50.5. The number of halogens is 2. The van der Waals surface area contributed by atoms with Crippen LogP contribution < -0.4 is 35.4 Å². The van der Waals surface area contributed by atoms with Crippen molar-refractivity contribution >= 4 is 59.8 Å². The van der Waals surface area contributed by atoms with Gasteiger partial charge in [0.2, 0.25) is 0 Å². The Labute approximate surface area is 432 Å². The minimum absolute atomic E-state index is 0.0147. The highest BCUT2D eigenvalue weighted by Gasteiger charge is 2.32. The number of likely N-dealkylation sites (tertiary alicyclic amines) is 2. The topological polar surface area (TPSA) is 129 Å². The van der Waals surface area contributed by atoms with Crippen molar-refractivity contribution < 1.29 is 28.5 Å². The first-order chi connectivity index (χ1) is 34.3. The van der Waals surface area contributed by atoms with Crippen molar-refractivity contribution in [3.05, 3.63) is 138 Å². The van der Waals surface area contributed by atoms with Gasteiger partial charge in [-0.05, 0) is 162 Å². The number of para-hydroxylation sites is 2. The molecule has 16 heteroatoms. The molecule has 2 saturated heterocycles. The van der Waals surface area contributed by atoms with Gasteiger partial charge in [-0.3, -0.25) is 9.59 Å². The summed E-state index contributed by atoms with van der Waals surface area (Å²) in [4.78, 5) is 45.6.